The lowest BCUT2D eigenvalue weighted by Gasteiger charge is -2.26. The van der Waals surface area contributed by atoms with Crippen molar-refractivity contribution in [1.82, 2.24) is 46.1 Å². The number of nitrogens with zero attached hydrogens (tertiary/aromatic N) is 8. The number of hydrogen-bond acceptors (Lipinski definition) is 17. The molecule has 71 heavy (non-hydrogen) atoms. The summed E-state index contributed by atoms with van der Waals surface area (Å²) in [5, 5.41) is 34.5. The minimum atomic E-state index is -1.41. The fourth-order valence-electron chi connectivity index (χ4n) is 7.09. The molecule has 0 radical (unpaired) electrons. The first-order valence-corrected chi connectivity index (χ1v) is 22.6. The van der Waals surface area contributed by atoms with Gasteiger partial charge >= 0.3 is 0 Å². The second-order valence-corrected chi connectivity index (χ2v) is 16.3. The zero-order valence-electron chi connectivity index (χ0n) is 39.2. The van der Waals surface area contributed by atoms with Crippen molar-refractivity contribution in [3.05, 3.63) is 12.7 Å². The van der Waals surface area contributed by atoms with Crippen molar-refractivity contribution in [3.8, 4) is 0 Å². The van der Waals surface area contributed by atoms with Gasteiger partial charge in [0.05, 0.1) is 6.33 Å². The van der Waals surface area contributed by atoms with Crippen molar-refractivity contribution in [2.24, 2.45) is 71.6 Å². The molecular formula is C39H69N23O9. The number of aliphatic hydroxyl groups excluding tert-OH is 2. The standard InChI is InChI=1S/C39H69N23O9/c40-29-26-31(56-17-55-29)62(18-57-26)35-28(66)27(65)23(71-35)16-54-24(63)10-1-11-25(64)58-20(7-3-13-51-37(44)45)32(68)60-22(9-5-15-53-39(48)49)34(70)61-21(8-4-14-52-38(46)47)33(69)59-19(30(41)67)6-2-12-50-36(42)43/h17-23,27-28,35,65-66H,1-16H2,(H2,41,67)(H,54,63)(H,58,64)(H,59,69)(H,60,68)(H,61,70)(H2,40,55,56)(H4,42,43,50)(H4,44,45,51)(H4,46,47,52)(H4,48,49,53)/t19-,20-,21-,22-,23+,27+,28+,35+/m0/s1. The molecule has 2 aromatic rings. The number of anilines is 1. The number of imidazole rings is 1. The molecular weight excluding hydrogens is 935 g/mol. The number of aliphatic imine (C=N–C) groups is 4. The number of amides is 6. The average Bonchev–Trinajstić information content (AvgIpc) is 3.86. The van der Waals surface area contributed by atoms with Crippen molar-refractivity contribution < 1.29 is 43.7 Å². The summed E-state index contributed by atoms with van der Waals surface area (Å²) in [4.78, 5) is 108. The van der Waals surface area contributed by atoms with E-state index in [2.05, 4.69) is 61.5 Å². The second-order valence-electron chi connectivity index (χ2n) is 16.3. The molecule has 0 aromatic carbocycles. The number of carbonyl (C=O) groups excluding carboxylic acids is 6. The second kappa shape index (κ2) is 29.2. The molecule has 0 spiro atoms. The lowest BCUT2D eigenvalue weighted by atomic mass is 10.0. The van der Waals surface area contributed by atoms with E-state index in [9.17, 15) is 39.0 Å². The van der Waals surface area contributed by atoms with E-state index in [-0.39, 0.29) is 144 Å². The highest BCUT2D eigenvalue weighted by atomic mass is 16.6. The van der Waals surface area contributed by atoms with E-state index in [1.807, 2.05) is 0 Å². The SMILES string of the molecule is NC(=O)[C@H](CCCN=C(N)N)NC(=O)[C@H](CCCN=C(N)N)NC(=O)[C@H](CCCN=C(N)N)NC(=O)[C@H](CCCN=C(N)N)NC(=O)CCCC(=O)NC[C@H]1O[C@@H](n2cnc3c(N)ncnc32)[C@H](O)[C@@H]1O. The third-order valence-corrected chi connectivity index (χ3v) is 10.7. The molecule has 394 valence electrons. The smallest absolute Gasteiger partial charge is 0.243 e. The summed E-state index contributed by atoms with van der Waals surface area (Å²) < 4.78 is 7.25. The van der Waals surface area contributed by atoms with Crippen molar-refractivity contribution in [1.29, 1.82) is 0 Å². The lowest BCUT2D eigenvalue weighted by Crippen LogP contribution is -2.58. The van der Waals surface area contributed by atoms with E-state index in [1.54, 1.807) is 0 Å². The molecule has 6 amide bonds. The number of aliphatic hydroxyl groups is 2. The van der Waals surface area contributed by atoms with Crippen LogP contribution in [0.3, 0.4) is 0 Å². The molecule has 3 heterocycles. The molecule has 2 aromatic heterocycles. The van der Waals surface area contributed by atoms with Crippen molar-refractivity contribution >= 4 is 76.3 Å². The predicted octanol–water partition coefficient (Wildman–Crippen LogP) is -8.05. The lowest BCUT2D eigenvalue weighted by molar-refractivity contribution is -0.134. The van der Waals surface area contributed by atoms with Crippen molar-refractivity contribution in [3.63, 3.8) is 0 Å². The van der Waals surface area contributed by atoms with Crippen LogP contribution in [0.4, 0.5) is 5.82 Å². The number of ether oxygens (including phenoxy) is 1. The summed E-state index contributed by atoms with van der Waals surface area (Å²) in [6.45, 7) is 0.173. The Balaban J connectivity index is 1.69. The molecule has 0 bridgehead atoms. The number of aromatic nitrogens is 4. The fourth-order valence-corrected chi connectivity index (χ4v) is 7.09. The molecule has 0 saturated carbocycles. The van der Waals surface area contributed by atoms with Crippen LogP contribution < -0.4 is 83.9 Å². The maximum atomic E-state index is 14.0. The Morgan fingerprint density at radius 1 is 0.592 bits per heavy atom. The predicted molar refractivity (Wildman–Crippen MR) is 259 cm³/mol. The molecule has 32 heteroatoms. The molecule has 1 fully saturated rings. The molecule has 32 nitrogen and oxygen atoms in total. The van der Waals surface area contributed by atoms with Gasteiger partial charge in [0.1, 0.15) is 54.3 Å². The monoisotopic (exact) mass is 1000 g/mol. The Labute approximate surface area is 407 Å². The summed E-state index contributed by atoms with van der Waals surface area (Å²) in [6.07, 6.45) is -1.92. The van der Waals surface area contributed by atoms with Crippen LogP contribution in [0.2, 0.25) is 0 Å². The molecule has 3 rings (SSSR count). The number of primary amides is 1. The Morgan fingerprint density at radius 2 is 1.03 bits per heavy atom. The summed E-state index contributed by atoms with van der Waals surface area (Å²) in [5.74, 6) is -5.04. The molecule has 8 atom stereocenters. The largest absolute Gasteiger partial charge is 0.387 e. The first-order chi connectivity index (χ1) is 33.7. The molecule has 1 saturated heterocycles. The number of nitrogens with two attached hydrogens (primary N) is 10. The van der Waals surface area contributed by atoms with Gasteiger partial charge in [-0.25, -0.2) is 15.0 Å². The van der Waals surface area contributed by atoms with Gasteiger partial charge in [-0.1, -0.05) is 0 Å². The zero-order chi connectivity index (χ0) is 52.6. The van der Waals surface area contributed by atoms with E-state index in [1.165, 1.54) is 17.2 Å². The maximum absolute atomic E-state index is 14.0. The molecule has 1 aliphatic rings. The van der Waals surface area contributed by atoms with Gasteiger partial charge in [-0.3, -0.25) is 53.3 Å². The van der Waals surface area contributed by atoms with Crippen LogP contribution in [0, 0.1) is 0 Å². The number of fused-ring (bicyclic) bond motifs is 1. The Kier molecular flexibility index (Phi) is 23.6. The first-order valence-electron chi connectivity index (χ1n) is 22.6. The highest BCUT2D eigenvalue weighted by Gasteiger charge is 2.44. The highest BCUT2D eigenvalue weighted by molar-refractivity contribution is 5.95. The van der Waals surface area contributed by atoms with Crippen LogP contribution in [0.15, 0.2) is 32.6 Å². The number of guanidine groups is 4. The minimum Gasteiger partial charge on any atom is -0.387 e. The normalized spacial score (nSPS) is 17.8. The van der Waals surface area contributed by atoms with Crippen molar-refractivity contribution in [2.45, 2.75) is 119 Å². The van der Waals surface area contributed by atoms with Crippen LogP contribution in [-0.4, -0.2) is 164 Å². The molecule has 0 unspecified atom stereocenters. The average molecular weight is 1000 g/mol. The van der Waals surface area contributed by atoms with Gasteiger partial charge in [0.25, 0.3) is 0 Å². The van der Waals surface area contributed by atoms with Gasteiger partial charge < -0.3 is 98.9 Å². The van der Waals surface area contributed by atoms with Crippen LogP contribution >= 0.6 is 0 Å². The minimum absolute atomic E-state index is 0.00352. The number of hydrogen-bond donors (Lipinski definition) is 17. The van der Waals surface area contributed by atoms with E-state index in [4.69, 9.17) is 62.1 Å². The first kappa shape index (κ1) is 57.4. The number of nitrogens with one attached hydrogen (secondary N) is 5. The number of nitrogen functional groups attached to an aromatic ring is 1. The van der Waals surface area contributed by atoms with E-state index < -0.39 is 84.2 Å². The molecule has 1 aliphatic heterocycles. The summed E-state index contributed by atoms with van der Waals surface area (Å²) in [6, 6.07) is -5.04. The van der Waals surface area contributed by atoms with E-state index >= 15 is 0 Å². The van der Waals surface area contributed by atoms with Gasteiger partial charge in [-0.05, 0) is 57.8 Å². The summed E-state index contributed by atoms with van der Waals surface area (Å²) >= 11 is 0. The summed E-state index contributed by atoms with van der Waals surface area (Å²) in [5.41, 5.74) is 55.5. The van der Waals surface area contributed by atoms with Gasteiger partial charge in [-0.2, -0.15) is 0 Å². The summed E-state index contributed by atoms with van der Waals surface area (Å²) in [7, 11) is 0. The topological polar surface area (TPSA) is 565 Å². The van der Waals surface area contributed by atoms with E-state index in [0.29, 0.717) is 0 Å². The van der Waals surface area contributed by atoms with Crippen LogP contribution in [-0.2, 0) is 33.5 Å². The highest BCUT2D eigenvalue weighted by Crippen LogP contribution is 2.31. The Morgan fingerprint density at radius 3 is 1.49 bits per heavy atom. The Hall–Kier alpha value is -7.87. The van der Waals surface area contributed by atoms with Gasteiger partial charge in [-0.15, -0.1) is 0 Å². The number of rotatable bonds is 31. The third kappa shape index (κ3) is 19.9. The van der Waals surface area contributed by atoms with Crippen LogP contribution in [0.25, 0.3) is 11.2 Å². The number of carbonyl (C=O) groups is 6. The van der Waals surface area contributed by atoms with Gasteiger partial charge in [0.2, 0.25) is 35.4 Å². The molecule has 27 N–H and O–H groups in total. The van der Waals surface area contributed by atoms with Gasteiger partial charge in [0.15, 0.2) is 41.5 Å². The Bertz CT molecular complexity index is 2220. The van der Waals surface area contributed by atoms with E-state index in [0.717, 1.165) is 0 Å². The molecule has 0 aliphatic carbocycles. The van der Waals surface area contributed by atoms with Crippen molar-refractivity contribution in [2.75, 3.05) is 38.5 Å². The maximum Gasteiger partial charge on any atom is 0.243 e. The zero-order valence-corrected chi connectivity index (χ0v) is 39.2. The van der Waals surface area contributed by atoms with Crippen LogP contribution in [0.5, 0.6) is 0 Å². The van der Waals surface area contributed by atoms with Gasteiger partial charge in [0, 0.05) is 45.6 Å². The fraction of sp³-hybridized carbons (Fsp3) is 0.615. The third-order valence-electron chi connectivity index (χ3n) is 10.7. The quantitative estimate of drug-likeness (QED) is 0.0189. The van der Waals surface area contributed by atoms with Crippen LogP contribution in [0.1, 0.15) is 76.9 Å².